The number of nitrogens with zero attached hydrogens (tertiary/aromatic N) is 2. The molecule has 0 aliphatic rings. The molecule has 26 heavy (non-hydrogen) atoms. The Bertz CT molecular complexity index is 937. The van der Waals surface area contributed by atoms with Crippen LogP contribution in [0, 0.1) is 0 Å². The average molecular weight is 391 g/mol. The van der Waals surface area contributed by atoms with Gasteiger partial charge in [-0.1, -0.05) is 24.3 Å². The molecule has 136 valence electrons. The number of hydrogen-bond acceptors (Lipinski definition) is 4. The molecular weight excluding hydrogens is 372 g/mol. The number of methoxy groups -OCH3 is 1. The number of imidazole rings is 1. The van der Waals surface area contributed by atoms with Gasteiger partial charge in [-0.05, 0) is 35.4 Å². The third-order valence-corrected chi connectivity index (χ3v) is 6.14. The highest BCUT2D eigenvalue weighted by Gasteiger charge is 2.17. The smallest absolute Gasteiger partial charge is 0.182 e. The molecule has 0 saturated heterocycles. The summed E-state index contributed by atoms with van der Waals surface area (Å²) in [6.45, 7) is 0.569. The maximum atomic E-state index is 12.6. The lowest BCUT2D eigenvalue weighted by atomic mass is 10.1. The van der Waals surface area contributed by atoms with E-state index in [1.54, 1.807) is 68.2 Å². The molecule has 1 heterocycles. The molecule has 1 atom stereocenters. The van der Waals surface area contributed by atoms with E-state index in [4.69, 9.17) is 16.3 Å². The Hall–Kier alpha value is -2.31. The van der Waals surface area contributed by atoms with E-state index in [-0.39, 0.29) is 16.0 Å². The molecule has 3 aromatic rings. The highest BCUT2D eigenvalue weighted by atomic mass is 35.5. The summed E-state index contributed by atoms with van der Waals surface area (Å²) in [5.41, 5.74) is 1.58. The molecule has 1 unspecified atom stereocenters. The third-order valence-electron chi connectivity index (χ3n) is 4.05. The van der Waals surface area contributed by atoms with E-state index in [1.807, 2.05) is 10.8 Å². The van der Waals surface area contributed by atoms with Crippen LogP contribution in [0.1, 0.15) is 16.5 Å². The Morgan fingerprint density at radius 3 is 2.38 bits per heavy atom. The Morgan fingerprint density at radius 2 is 1.81 bits per heavy atom. The molecule has 0 spiro atoms. The van der Waals surface area contributed by atoms with Gasteiger partial charge in [0.2, 0.25) is 0 Å². The standard InChI is InChI=1S/C19H19ClN2O3S/c1-25-17-6-2-15(3-7-17)13-26(23,24)18-8-4-16(5-9-18)19(20)12-22-11-10-21-14-22/h2-11,14,19H,12-13H2,1H3. The van der Waals surface area contributed by atoms with Gasteiger partial charge in [0.15, 0.2) is 9.84 Å². The lowest BCUT2D eigenvalue weighted by molar-refractivity contribution is 0.414. The Labute approximate surface area is 158 Å². The highest BCUT2D eigenvalue weighted by molar-refractivity contribution is 7.90. The summed E-state index contributed by atoms with van der Waals surface area (Å²) in [6.07, 6.45) is 5.23. The van der Waals surface area contributed by atoms with Crippen LogP contribution in [0.2, 0.25) is 0 Å². The monoisotopic (exact) mass is 390 g/mol. The molecule has 0 fully saturated rings. The minimum absolute atomic E-state index is 0.0598. The van der Waals surface area contributed by atoms with Crippen molar-refractivity contribution in [3.8, 4) is 5.75 Å². The zero-order valence-corrected chi connectivity index (χ0v) is 15.8. The molecule has 0 aliphatic heterocycles. The van der Waals surface area contributed by atoms with Gasteiger partial charge in [-0.25, -0.2) is 13.4 Å². The molecule has 1 aromatic heterocycles. The second kappa shape index (κ2) is 7.93. The lowest BCUT2D eigenvalue weighted by Crippen LogP contribution is -2.06. The molecule has 0 radical (unpaired) electrons. The van der Waals surface area contributed by atoms with Crippen molar-refractivity contribution in [2.75, 3.05) is 7.11 Å². The van der Waals surface area contributed by atoms with E-state index < -0.39 is 9.84 Å². The maximum Gasteiger partial charge on any atom is 0.182 e. The lowest BCUT2D eigenvalue weighted by Gasteiger charge is -2.12. The van der Waals surface area contributed by atoms with Gasteiger partial charge in [0.05, 0.1) is 29.5 Å². The average Bonchev–Trinajstić information content (AvgIpc) is 3.15. The second-order valence-electron chi connectivity index (χ2n) is 5.90. The minimum atomic E-state index is -3.42. The number of aromatic nitrogens is 2. The number of ether oxygens (including phenoxy) is 1. The van der Waals surface area contributed by atoms with Gasteiger partial charge < -0.3 is 9.30 Å². The summed E-state index contributed by atoms with van der Waals surface area (Å²) in [4.78, 5) is 4.26. The van der Waals surface area contributed by atoms with Crippen molar-refractivity contribution in [1.82, 2.24) is 9.55 Å². The Kier molecular flexibility index (Phi) is 5.64. The Morgan fingerprint density at radius 1 is 1.12 bits per heavy atom. The molecule has 5 nitrogen and oxygen atoms in total. The number of rotatable bonds is 7. The minimum Gasteiger partial charge on any atom is -0.497 e. The SMILES string of the molecule is COc1ccc(CS(=O)(=O)c2ccc(C(Cl)Cn3ccnc3)cc2)cc1. The van der Waals surface area contributed by atoms with E-state index in [0.717, 1.165) is 5.56 Å². The summed E-state index contributed by atoms with van der Waals surface area (Å²) in [7, 11) is -1.85. The molecular formula is C19H19ClN2O3S. The predicted molar refractivity (Wildman–Crippen MR) is 101 cm³/mol. The topological polar surface area (TPSA) is 61.2 Å². The first-order valence-corrected chi connectivity index (χ1v) is 10.1. The molecule has 0 saturated carbocycles. The first-order valence-electron chi connectivity index (χ1n) is 8.03. The summed E-state index contributed by atoms with van der Waals surface area (Å²) >= 11 is 6.41. The van der Waals surface area contributed by atoms with Crippen LogP contribution in [-0.2, 0) is 22.1 Å². The fourth-order valence-electron chi connectivity index (χ4n) is 2.59. The molecule has 0 aliphatic carbocycles. The molecule has 7 heteroatoms. The molecule has 3 rings (SSSR count). The first-order chi connectivity index (χ1) is 12.5. The van der Waals surface area contributed by atoms with Crippen LogP contribution in [0.15, 0.2) is 72.1 Å². The van der Waals surface area contributed by atoms with E-state index in [9.17, 15) is 8.42 Å². The maximum absolute atomic E-state index is 12.6. The van der Waals surface area contributed by atoms with Crippen molar-refractivity contribution in [3.63, 3.8) is 0 Å². The van der Waals surface area contributed by atoms with Crippen molar-refractivity contribution < 1.29 is 13.2 Å². The van der Waals surface area contributed by atoms with Crippen molar-refractivity contribution in [1.29, 1.82) is 0 Å². The van der Waals surface area contributed by atoms with Gasteiger partial charge >= 0.3 is 0 Å². The Balaban J connectivity index is 1.71. The number of hydrogen-bond donors (Lipinski definition) is 0. The van der Waals surface area contributed by atoms with E-state index in [0.29, 0.717) is 17.9 Å². The third kappa shape index (κ3) is 4.45. The number of sulfone groups is 1. The largest absolute Gasteiger partial charge is 0.497 e. The number of alkyl halides is 1. The van der Waals surface area contributed by atoms with Crippen molar-refractivity contribution in [2.45, 2.75) is 22.6 Å². The normalized spacial score (nSPS) is 12.7. The van der Waals surface area contributed by atoms with Crippen LogP contribution in [0.5, 0.6) is 5.75 Å². The van der Waals surface area contributed by atoms with Gasteiger partial charge in [-0.3, -0.25) is 0 Å². The second-order valence-corrected chi connectivity index (χ2v) is 8.42. The van der Waals surface area contributed by atoms with Crippen LogP contribution in [0.3, 0.4) is 0 Å². The molecule has 0 N–H and O–H groups in total. The van der Waals surface area contributed by atoms with Crippen LogP contribution in [0.25, 0.3) is 0 Å². The predicted octanol–water partition coefficient (Wildman–Crippen LogP) is 3.85. The summed E-state index contributed by atoms with van der Waals surface area (Å²) < 4.78 is 32.2. The zero-order valence-electron chi connectivity index (χ0n) is 14.2. The molecule has 2 aromatic carbocycles. The summed E-state index contributed by atoms with van der Waals surface area (Å²) in [6, 6.07) is 13.7. The highest BCUT2D eigenvalue weighted by Crippen LogP contribution is 2.25. The van der Waals surface area contributed by atoms with Crippen molar-refractivity contribution in [2.24, 2.45) is 0 Å². The molecule has 0 bridgehead atoms. The summed E-state index contributed by atoms with van der Waals surface area (Å²) in [5.74, 6) is 0.636. The van der Waals surface area contributed by atoms with Crippen molar-refractivity contribution in [3.05, 3.63) is 78.4 Å². The first kappa shape index (κ1) is 18.5. The molecule has 0 amide bonds. The van der Waals surface area contributed by atoms with E-state index in [1.165, 1.54) is 0 Å². The van der Waals surface area contributed by atoms with Gasteiger partial charge in [-0.2, -0.15) is 0 Å². The van der Waals surface area contributed by atoms with Gasteiger partial charge in [0.25, 0.3) is 0 Å². The van der Waals surface area contributed by atoms with Crippen molar-refractivity contribution >= 4 is 21.4 Å². The van der Waals surface area contributed by atoms with Crippen LogP contribution in [0.4, 0.5) is 0 Å². The van der Waals surface area contributed by atoms with Gasteiger partial charge in [0.1, 0.15) is 5.75 Å². The van der Waals surface area contributed by atoms with Gasteiger partial charge in [-0.15, -0.1) is 11.6 Å². The number of halogens is 1. The number of benzene rings is 2. The van der Waals surface area contributed by atoms with Crippen LogP contribution in [-0.4, -0.2) is 25.1 Å². The van der Waals surface area contributed by atoms with Gasteiger partial charge in [0, 0.05) is 18.9 Å². The van der Waals surface area contributed by atoms with Crippen LogP contribution < -0.4 is 4.74 Å². The van der Waals surface area contributed by atoms with E-state index in [2.05, 4.69) is 4.98 Å². The van der Waals surface area contributed by atoms with Crippen LogP contribution >= 0.6 is 11.6 Å². The quantitative estimate of drug-likeness (QED) is 0.575. The summed E-state index contributed by atoms with van der Waals surface area (Å²) in [5, 5.41) is -0.262. The zero-order chi connectivity index (χ0) is 18.6. The van der Waals surface area contributed by atoms with E-state index >= 15 is 0 Å². The fraction of sp³-hybridized carbons (Fsp3) is 0.211. The fourth-order valence-corrected chi connectivity index (χ4v) is 4.25.